The Bertz CT molecular complexity index is 585. The van der Waals surface area contributed by atoms with Gasteiger partial charge in [0.25, 0.3) is 0 Å². The molecule has 0 aliphatic rings. The zero-order valence-electron chi connectivity index (χ0n) is 11.3. The van der Waals surface area contributed by atoms with E-state index in [9.17, 15) is 4.79 Å². The normalized spacial score (nSPS) is 11.5. The summed E-state index contributed by atoms with van der Waals surface area (Å²) in [5.41, 5.74) is 1.93. The maximum Gasteiger partial charge on any atom is 0.309 e. The molecule has 2 rings (SSSR count). The van der Waals surface area contributed by atoms with Crippen LogP contribution in [0.25, 0.3) is 5.69 Å². The van der Waals surface area contributed by atoms with Gasteiger partial charge in [0.2, 0.25) is 0 Å². The Hall–Kier alpha value is -2.17. The molecule has 0 amide bonds. The van der Waals surface area contributed by atoms with Gasteiger partial charge in [-0.1, -0.05) is 22.9 Å². The van der Waals surface area contributed by atoms with Gasteiger partial charge in [0.1, 0.15) is 0 Å². The molecule has 0 saturated heterocycles. The van der Waals surface area contributed by atoms with E-state index in [-0.39, 0.29) is 0 Å². The van der Waals surface area contributed by atoms with Crippen LogP contribution in [0.2, 0.25) is 0 Å². The first-order valence-electron chi connectivity index (χ1n) is 6.10. The van der Waals surface area contributed by atoms with Crippen molar-refractivity contribution in [1.82, 2.24) is 15.0 Å². The number of carboxylic acids is 1. The number of nitrogens with zero attached hydrogens (tertiary/aromatic N) is 3. The highest BCUT2D eigenvalue weighted by molar-refractivity contribution is 5.73. The van der Waals surface area contributed by atoms with Crippen molar-refractivity contribution in [2.75, 3.05) is 0 Å². The molecule has 100 valence electrons. The van der Waals surface area contributed by atoms with Crippen LogP contribution in [0.15, 0.2) is 30.5 Å². The largest absolute Gasteiger partial charge is 0.481 e. The molecular formula is C14H17N3O2. The third-order valence-electron chi connectivity index (χ3n) is 3.04. The second-order valence-electron chi connectivity index (χ2n) is 5.36. The number of hydrogen-bond donors (Lipinski definition) is 1. The molecular weight excluding hydrogens is 242 g/mol. The summed E-state index contributed by atoms with van der Waals surface area (Å²) < 4.78 is 1.66. The average Bonchev–Trinajstić information content (AvgIpc) is 2.77. The van der Waals surface area contributed by atoms with Gasteiger partial charge in [-0.25, -0.2) is 4.68 Å². The van der Waals surface area contributed by atoms with Crippen LogP contribution in [0.4, 0.5) is 0 Å². The topological polar surface area (TPSA) is 68.0 Å². The third kappa shape index (κ3) is 2.99. The molecule has 1 aromatic heterocycles. The Morgan fingerprint density at radius 3 is 2.53 bits per heavy atom. The smallest absolute Gasteiger partial charge is 0.309 e. The fourth-order valence-electron chi connectivity index (χ4n) is 1.73. The van der Waals surface area contributed by atoms with E-state index in [2.05, 4.69) is 10.3 Å². The molecule has 1 N–H and O–H groups in total. The van der Waals surface area contributed by atoms with E-state index >= 15 is 0 Å². The van der Waals surface area contributed by atoms with Crippen molar-refractivity contribution in [3.05, 3.63) is 41.7 Å². The van der Waals surface area contributed by atoms with Crippen LogP contribution in [0.3, 0.4) is 0 Å². The lowest BCUT2D eigenvalue weighted by atomic mass is 9.88. The summed E-state index contributed by atoms with van der Waals surface area (Å²) in [6.45, 7) is 5.38. The van der Waals surface area contributed by atoms with E-state index < -0.39 is 11.4 Å². The summed E-state index contributed by atoms with van der Waals surface area (Å²) in [6.07, 6.45) is 2.13. The van der Waals surface area contributed by atoms with E-state index in [4.69, 9.17) is 5.11 Å². The van der Waals surface area contributed by atoms with Gasteiger partial charge in [-0.15, -0.1) is 5.10 Å². The minimum absolute atomic E-state index is 0.355. The van der Waals surface area contributed by atoms with Crippen molar-refractivity contribution < 1.29 is 9.90 Å². The second-order valence-corrected chi connectivity index (χ2v) is 5.36. The highest BCUT2D eigenvalue weighted by Crippen LogP contribution is 2.21. The quantitative estimate of drug-likeness (QED) is 0.914. The Balaban J connectivity index is 2.20. The van der Waals surface area contributed by atoms with Crippen molar-refractivity contribution in [3.63, 3.8) is 0 Å². The lowest BCUT2D eigenvalue weighted by Crippen LogP contribution is -2.26. The Labute approximate surface area is 111 Å². The predicted octanol–water partition coefficient (Wildman–Crippen LogP) is 2.23. The molecule has 0 saturated carbocycles. The van der Waals surface area contributed by atoms with Crippen LogP contribution >= 0.6 is 0 Å². The fourth-order valence-corrected chi connectivity index (χ4v) is 1.73. The Kier molecular flexibility index (Phi) is 3.38. The van der Waals surface area contributed by atoms with Crippen molar-refractivity contribution in [2.45, 2.75) is 27.2 Å². The monoisotopic (exact) mass is 259 g/mol. The van der Waals surface area contributed by atoms with Crippen LogP contribution in [-0.4, -0.2) is 26.1 Å². The fraction of sp³-hybridized carbons (Fsp3) is 0.357. The van der Waals surface area contributed by atoms with Gasteiger partial charge in [0.05, 0.1) is 23.0 Å². The maximum absolute atomic E-state index is 11.1. The minimum atomic E-state index is -0.839. The molecule has 1 heterocycles. The van der Waals surface area contributed by atoms with Crippen molar-refractivity contribution in [1.29, 1.82) is 0 Å². The molecule has 0 atom stereocenters. The third-order valence-corrected chi connectivity index (χ3v) is 3.04. The summed E-state index contributed by atoms with van der Waals surface area (Å²) >= 11 is 0. The summed E-state index contributed by atoms with van der Waals surface area (Å²) in [5, 5.41) is 17.2. The highest BCUT2D eigenvalue weighted by atomic mass is 16.4. The number of carboxylic acid groups (broad SMARTS) is 1. The van der Waals surface area contributed by atoms with Crippen LogP contribution in [0.1, 0.15) is 25.1 Å². The molecule has 5 heteroatoms. The predicted molar refractivity (Wildman–Crippen MR) is 71.2 cm³/mol. The summed E-state index contributed by atoms with van der Waals surface area (Å²) in [6, 6.07) is 7.90. The number of aromatic nitrogens is 3. The molecule has 0 unspecified atom stereocenters. The number of benzene rings is 1. The second kappa shape index (κ2) is 4.84. The summed E-state index contributed by atoms with van der Waals surface area (Å²) in [7, 11) is 0. The molecule has 0 aliphatic heterocycles. The van der Waals surface area contributed by atoms with Crippen molar-refractivity contribution >= 4 is 5.97 Å². The summed E-state index contributed by atoms with van der Waals surface area (Å²) in [4.78, 5) is 11.1. The van der Waals surface area contributed by atoms with Gasteiger partial charge in [0.15, 0.2) is 0 Å². The highest BCUT2D eigenvalue weighted by Gasteiger charge is 2.28. The number of aliphatic carboxylic acids is 1. The molecule has 0 bridgehead atoms. The lowest BCUT2D eigenvalue weighted by Gasteiger charge is -2.16. The van der Waals surface area contributed by atoms with E-state index in [1.807, 2.05) is 31.2 Å². The summed E-state index contributed by atoms with van der Waals surface area (Å²) in [5.74, 6) is -0.836. The SMILES string of the molecule is Cc1ccc(-n2cc(CC(C)(C)C(=O)O)nn2)cc1. The van der Waals surface area contributed by atoms with Gasteiger partial charge >= 0.3 is 5.97 Å². The first kappa shape index (κ1) is 13.3. The lowest BCUT2D eigenvalue weighted by molar-refractivity contribution is -0.146. The number of aryl methyl sites for hydroxylation is 1. The number of hydrogen-bond acceptors (Lipinski definition) is 3. The first-order valence-corrected chi connectivity index (χ1v) is 6.10. The van der Waals surface area contributed by atoms with Gasteiger partial charge in [-0.2, -0.15) is 0 Å². The number of rotatable bonds is 4. The molecule has 1 aromatic carbocycles. The van der Waals surface area contributed by atoms with Gasteiger partial charge in [-0.3, -0.25) is 4.79 Å². The molecule has 0 aliphatic carbocycles. The standard InChI is InChI=1S/C14H17N3O2/c1-10-4-6-12(7-5-10)17-9-11(15-16-17)8-14(2,3)13(18)19/h4-7,9H,8H2,1-3H3,(H,18,19). The van der Waals surface area contributed by atoms with E-state index in [1.165, 1.54) is 5.56 Å². The molecule has 0 radical (unpaired) electrons. The van der Waals surface area contributed by atoms with Gasteiger partial charge < -0.3 is 5.11 Å². The zero-order chi connectivity index (χ0) is 14.0. The van der Waals surface area contributed by atoms with E-state index in [1.54, 1.807) is 24.7 Å². The minimum Gasteiger partial charge on any atom is -0.481 e. The van der Waals surface area contributed by atoms with Crippen molar-refractivity contribution in [3.8, 4) is 5.69 Å². The number of carbonyl (C=O) groups is 1. The molecule has 0 fully saturated rings. The van der Waals surface area contributed by atoms with Crippen molar-refractivity contribution in [2.24, 2.45) is 5.41 Å². The molecule has 19 heavy (non-hydrogen) atoms. The average molecular weight is 259 g/mol. The first-order chi connectivity index (χ1) is 8.88. The molecule has 2 aromatic rings. The maximum atomic E-state index is 11.1. The van der Waals surface area contributed by atoms with Gasteiger partial charge in [0, 0.05) is 6.42 Å². The van der Waals surface area contributed by atoms with Crippen LogP contribution in [-0.2, 0) is 11.2 Å². The Morgan fingerprint density at radius 1 is 1.32 bits per heavy atom. The molecule has 5 nitrogen and oxygen atoms in total. The Morgan fingerprint density at radius 2 is 1.95 bits per heavy atom. The van der Waals surface area contributed by atoms with E-state index in [0.717, 1.165) is 5.69 Å². The van der Waals surface area contributed by atoms with Crippen LogP contribution in [0.5, 0.6) is 0 Å². The van der Waals surface area contributed by atoms with Crippen LogP contribution in [0, 0.1) is 12.3 Å². The van der Waals surface area contributed by atoms with Gasteiger partial charge in [-0.05, 0) is 32.9 Å². The van der Waals surface area contributed by atoms with Crippen LogP contribution < -0.4 is 0 Å². The van der Waals surface area contributed by atoms with E-state index in [0.29, 0.717) is 12.1 Å². The zero-order valence-corrected chi connectivity index (χ0v) is 11.3. The molecule has 0 spiro atoms.